The van der Waals surface area contributed by atoms with Gasteiger partial charge in [0.25, 0.3) is 0 Å². The normalized spacial score (nSPS) is 17.5. The van der Waals surface area contributed by atoms with Crippen LogP contribution in [-0.4, -0.2) is 18.1 Å². The monoisotopic (exact) mass is 175 g/mol. The van der Waals surface area contributed by atoms with Crippen molar-refractivity contribution < 1.29 is 0 Å². The van der Waals surface area contributed by atoms with E-state index >= 15 is 0 Å². The summed E-state index contributed by atoms with van der Waals surface area (Å²) in [4.78, 5) is 6.73. The average Bonchev–Trinajstić information content (AvgIpc) is 2.19. The Morgan fingerprint density at radius 2 is 2.08 bits per heavy atom. The van der Waals surface area contributed by atoms with E-state index in [2.05, 4.69) is 29.3 Å². The van der Waals surface area contributed by atoms with E-state index in [0.717, 1.165) is 18.9 Å². The van der Waals surface area contributed by atoms with E-state index in [1.54, 1.807) is 0 Å². The number of nitrogens with zero attached hydrogens (tertiary/aromatic N) is 2. The zero-order chi connectivity index (χ0) is 9.10. The van der Waals surface area contributed by atoms with Crippen molar-refractivity contribution in [3.8, 4) is 0 Å². The maximum Gasteiger partial charge on any atom is 0.128 e. The van der Waals surface area contributed by atoms with Gasteiger partial charge in [0.2, 0.25) is 0 Å². The van der Waals surface area contributed by atoms with E-state index in [0.29, 0.717) is 0 Å². The van der Waals surface area contributed by atoms with Gasteiger partial charge in [0, 0.05) is 19.3 Å². The first-order valence-corrected chi connectivity index (χ1v) is 4.85. The number of aromatic nitrogens is 1. The Hall–Kier alpha value is -1.05. The molecule has 13 heavy (non-hydrogen) atoms. The van der Waals surface area contributed by atoms with Gasteiger partial charge in [-0.15, -0.1) is 0 Å². The summed E-state index contributed by atoms with van der Waals surface area (Å²) in [6, 6.07) is 4.20. The van der Waals surface area contributed by atoms with Crippen molar-refractivity contribution in [2.24, 2.45) is 0 Å². The third-order valence-corrected chi connectivity index (χ3v) is 2.43. The van der Waals surface area contributed by atoms with Crippen LogP contribution in [0.5, 0.6) is 0 Å². The molecular weight excluding hydrogens is 160 g/mol. The first-order chi connectivity index (χ1) is 6.36. The van der Waals surface area contributed by atoms with E-state index < -0.39 is 0 Å². The maximum absolute atomic E-state index is 4.38. The Balaban J connectivity index is 2.14. The van der Waals surface area contributed by atoms with Gasteiger partial charge in [-0.25, -0.2) is 4.98 Å². The smallest absolute Gasteiger partial charge is 0.128 e. The maximum atomic E-state index is 4.38. The van der Waals surface area contributed by atoms with Crippen LogP contribution in [0.2, 0.25) is 0 Å². The molecule has 2 heteroatoms. The molecule has 0 atom stereocenters. The Labute approximate surface area is 79.6 Å². The fourth-order valence-corrected chi connectivity index (χ4v) is 1.67. The van der Waals surface area contributed by atoms with Crippen molar-refractivity contribution in [1.82, 2.24) is 4.98 Å². The molecule has 0 unspecified atom stereocenters. The van der Waals surface area contributed by atoms with Crippen LogP contribution in [0, 0.1) is 13.3 Å². The molecule has 1 aliphatic heterocycles. The molecule has 0 bridgehead atoms. The third kappa shape index (κ3) is 2.00. The number of rotatable bonds is 1. The molecule has 2 heterocycles. The second-order valence-corrected chi connectivity index (χ2v) is 3.54. The highest BCUT2D eigenvalue weighted by molar-refractivity contribution is 5.41. The lowest BCUT2D eigenvalue weighted by Gasteiger charge is -2.27. The van der Waals surface area contributed by atoms with E-state index in [-0.39, 0.29) is 0 Å². The highest BCUT2D eigenvalue weighted by atomic mass is 15.2. The number of hydrogen-bond donors (Lipinski definition) is 0. The molecular formula is C11H15N2. The van der Waals surface area contributed by atoms with Gasteiger partial charge >= 0.3 is 0 Å². The first kappa shape index (κ1) is 8.54. The lowest BCUT2D eigenvalue weighted by Crippen LogP contribution is -2.30. The molecule has 1 fully saturated rings. The topological polar surface area (TPSA) is 16.1 Å². The number of hydrogen-bond acceptors (Lipinski definition) is 2. The second-order valence-electron chi connectivity index (χ2n) is 3.54. The summed E-state index contributed by atoms with van der Waals surface area (Å²) in [6.07, 6.45) is 6.63. The van der Waals surface area contributed by atoms with Crippen LogP contribution in [0.25, 0.3) is 0 Å². The Morgan fingerprint density at radius 3 is 2.77 bits per heavy atom. The zero-order valence-corrected chi connectivity index (χ0v) is 8.03. The number of pyridine rings is 1. The minimum Gasteiger partial charge on any atom is -0.357 e. The van der Waals surface area contributed by atoms with Crippen LogP contribution in [-0.2, 0) is 0 Å². The Bertz CT molecular complexity index is 277. The largest absolute Gasteiger partial charge is 0.357 e. The van der Waals surface area contributed by atoms with Crippen LogP contribution in [0.3, 0.4) is 0 Å². The summed E-state index contributed by atoms with van der Waals surface area (Å²) in [5, 5.41) is 0. The fourth-order valence-electron chi connectivity index (χ4n) is 1.67. The summed E-state index contributed by atoms with van der Waals surface area (Å²) in [5.74, 6) is 1.13. The van der Waals surface area contributed by atoms with Crippen LogP contribution in [0.15, 0.2) is 18.3 Å². The van der Waals surface area contributed by atoms with Crippen molar-refractivity contribution >= 4 is 5.82 Å². The van der Waals surface area contributed by atoms with E-state index in [1.165, 1.54) is 18.4 Å². The van der Waals surface area contributed by atoms with Crippen LogP contribution in [0.1, 0.15) is 18.4 Å². The average molecular weight is 175 g/mol. The summed E-state index contributed by atoms with van der Waals surface area (Å²) >= 11 is 0. The first-order valence-electron chi connectivity index (χ1n) is 4.85. The van der Waals surface area contributed by atoms with E-state index in [4.69, 9.17) is 0 Å². The molecule has 1 saturated heterocycles. The number of aryl methyl sites for hydroxylation is 1. The SMILES string of the molecule is Cc1ccnc(N2CC[CH]CC2)c1. The third-order valence-electron chi connectivity index (χ3n) is 2.43. The zero-order valence-electron chi connectivity index (χ0n) is 8.03. The molecule has 0 saturated carbocycles. The van der Waals surface area contributed by atoms with Gasteiger partial charge in [0.1, 0.15) is 5.82 Å². The predicted octanol–water partition coefficient (Wildman–Crippen LogP) is 2.19. The summed E-state index contributed by atoms with van der Waals surface area (Å²) in [7, 11) is 0. The second kappa shape index (κ2) is 3.77. The molecule has 0 spiro atoms. The highest BCUT2D eigenvalue weighted by Gasteiger charge is 2.11. The van der Waals surface area contributed by atoms with E-state index in [1.807, 2.05) is 12.3 Å². The molecule has 1 radical (unpaired) electrons. The van der Waals surface area contributed by atoms with Gasteiger partial charge in [-0.3, -0.25) is 0 Å². The van der Waals surface area contributed by atoms with Gasteiger partial charge in [0.05, 0.1) is 0 Å². The lowest BCUT2D eigenvalue weighted by molar-refractivity contribution is 0.671. The minimum absolute atomic E-state index is 1.12. The molecule has 0 aromatic carbocycles. The molecule has 0 N–H and O–H groups in total. The van der Waals surface area contributed by atoms with Gasteiger partial charge < -0.3 is 4.90 Å². The predicted molar refractivity (Wildman–Crippen MR) is 54.7 cm³/mol. The van der Waals surface area contributed by atoms with Gasteiger partial charge in [-0.2, -0.15) is 0 Å². The summed E-state index contributed by atoms with van der Waals surface area (Å²) < 4.78 is 0. The highest BCUT2D eigenvalue weighted by Crippen LogP contribution is 2.17. The molecule has 2 nitrogen and oxygen atoms in total. The standard InChI is InChI=1S/C11H15N2/c1-10-5-6-12-11(9-10)13-7-3-2-4-8-13/h2,5-6,9H,3-4,7-8H2,1H3. The van der Waals surface area contributed by atoms with Crippen LogP contribution >= 0.6 is 0 Å². The Morgan fingerprint density at radius 1 is 1.31 bits per heavy atom. The van der Waals surface area contributed by atoms with Crippen LogP contribution < -0.4 is 4.90 Å². The molecule has 1 aliphatic rings. The van der Waals surface area contributed by atoms with Crippen molar-refractivity contribution in [1.29, 1.82) is 0 Å². The van der Waals surface area contributed by atoms with Crippen molar-refractivity contribution in [2.75, 3.05) is 18.0 Å². The lowest BCUT2D eigenvalue weighted by atomic mass is 10.1. The molecule has 2 rings (SSSR count). The van der Waals surface area contributed by atoms with Crippen LogP contribution in [0.4, 0.5) is 5.82 Å². The molecule has 1 aromatic heterocycles. The quantitative estimate of drug-likeness (QED) is 0.650. The summed E-state index contributed by atoms with van der Waals surface area (Å²) in [6.45, 7) is 4.36. The van der Waals surface area contributed by atoms with Gasteiger partial charge in [-0.1, -0.05) is 0 Å². The molecule has 0 amide bonds. The van der Waals surface area contributed by atoms with Crippen molar-refractivity contribution in [2.45, 2.75) is 19.8 Å². The van der Waals surface area contributed by atoms with Crippen molar-refractivity contribution in [3.63, 3.8) is 0 Å². The van der Waals surface area contributed by atoms with Crippen molar-refractivity contribution in [3.05, 3.63) is 30.3 Å². The molecule has 69 valence electrons. The van der Waals surface area contributed by atoms with Gasteiger partial charge in [0.15, 0.2) is 0 Å². The molecule has 1 aromatic rings. The minimum atomic E-state index is 1.12. The van der Waals surface area contributed by atoms with E-state index in [9.17, 15) is 0 Å². The number of piperidine rings is 1. The summed E-state index contributed by atoms with van der Waals surface area (Å²) in [5.41, 5.74) is 1.29. The fraction of sp³-hybridized carbons (Fsp3) is 0.455. The Kier molecular flexibility index (Phi) is 2.48. The molecule has 0 aliphatic carbocycles. The number of anilines is 1. The van der Waals surface area contributed by atoms with Gasteiger partial charge in [-0.05, 0) is 43.9 Å².